The Hall–Kier alpha value is -2.61. The smallest absolute Gasteiger partial charge is 0.308 e. The van der Waals surface area contributed by atoms with E-state index in [-0.39, 0.29) is 5.92 Å². The molecular formula is C20H21N5O2S. The number of piperidine rings is 1. The molecule has 0 saturated carbocycles. The largest absolute Gasteiger partial charge is 0.481 e. The SMILES string of the molecule is O=C(O)C1CCCN(c2nc(-c3cnccn3)nc3sc4c(c23)CCCC4)C1. The lowest BCUT2D eigenvalue weighted by Gasteiger charge is -2.32. The predicted octanol–water partition coefficient (Wildman–Crippen LogP) is 3.33. The van der Waals surface area contributed by atoms with E-state index in [2.05, 4.69) is 14.9 Å². The van der Waals surface area contributed by atoms with Crippen LogP contribution in [-0.4, -0.2) is 44.1 Å². The Balaban J connectivity index is 1.68. The van der Waals surface area contributed by atoms with E-state index in [1.165, 1.54) is 23.3 Å². The molecule has 0 radical (unpaired) electrons. The summed E-state index contributed by atoms with van der Waals surface area (Å²) in [5, 5.41) is 10.6. The van der Waals surface area contributed by atoms with E-state index >= 15 is 0 Å². The summed E-state index contributed by atoms with van der Waals surface area (Å²) in [6.45, 7) is 1.31. The van der Waals surface area contributed by atoms with E-state index in [0.29, 0.717) is 18.1 Å². The number of hydrogen-bond acceptors (Lipinski definition) is 7. The third-order valence-electron chi connectivity index (χ3n) is 5.66. The summed E-state index contributed by atoms with van der Waals surface area (Å²) in [5.74, 6) is 0.354. The first kappa shape index (κ1) is 17.5. The van der Waals surface area contributed by atoms with Crippen LogP contribution >= 0.6 is 11.3 Å². The Morgan fingerprint density at radius 1 is 1.18 bits per heavy atom. The summed E-state index contributed by atoms with van der Waals surface area (Å²) in [5.41, 5.74) is 2.01. The average molecular weight is 395 g/mol. The second-order valence-corrected chi connectivity index (χ2v) is 8.56. The molecule has 2 aliphatic rings. The van der Waals surface area contributed by atoms with E-state index in [1.807, 2.05) is 0 Å². The number of carbonyl (C=O) groups is 1. The summed E-state index contributed by atoms with van der Waals surface area (Å²) in [6.07, 6.45) is 11.1. The van der Waals surface area contributed by atoms with Crippen molar-refractivity contribution < 1.29 is 9.90 Å². The van der Waals surface area contributed by atoms with Crippen molar-refractivity contribution in [1.29, 1.82) is 0 Å². The van der Waals surface area contributed by atoms with Crippen molar-refractivity contribution in [3.63, 3.8) is 0 Å². The van der Waals surface area contributed by atoms with E-state index in [0.717, 1.165) is 48.3 Å². The summed E-state index contributed by atoms with van der Waals surface area (Å²) in [6, 6.07) is 0. The van der Waals surface area contributed by atoms with Crippen LogP contribution in [-0.2, 0) is 17.6 Å². The van der Waals surface area contributed by atoms with E-state index in [1.54, 1.807) is 29.9 Å². The highest BCUT2D eigenvalue weighted by molar-refractivity contribution is 7.19. The number of anilines is 1. The maximum absolute atomic E-state index is 11.6. The number of fused-ring (bicyclic) bond motifs is 3. The summed E-state index contributed by atoms with van der Waals surface area (Å²) >= 11 is 1.75. The zero-order valence-corrected chi connectivity index (χ0v) is 16.3. The highest BCUT2D eigenvalue weighted by Gasteiger charge is 2.30. The van der Waals surface area contributed by atoms with E-state index in [9.17, 15) is 9.90 Å². The minimum atomic E-state index is -0.725. The van der Waals surface area contributed by atoms with Gasteiger partial charge in [-0.05, 0) is 44.1 Å². The lowest BCUT2D eigenvalue weighted by molar-refractivity contribution is -0.141. The molecule has 3 aromatic rings. The van der Waals surface area contributed by atoms with Crippen LogP contribution in [0.3, 0.4) is 0 Å². The minimum absolute atomic E-state index is 0.354. The highest BCUT2D eigenvalue weighted by atomic mass is 32.1. The molecule has 4 heterocycles. The van der Waals surface area contributed by atoms with Gasteiger partial charge < -0.3 is 10.0 Å². The van der Waals surface area contributed by atoms with Crippen LogP contribution in [0.2, 0.25) is 0 Å². The summed E-state index contributed by atoms with van der Waals surface area (Å²) in [4.78, 5) is 34.4. The predicted molar refractivity (Wildman–Crippen MR) is 108 cm³/mol. The number of nitrogens with zero attached hydrogens (tertiary/aromatic N) is 5. The third kappa shape index (κ3) is 3.01. The number of carboxylic acid groups (broad SMARTS) is 1. The zero-order chi connectivity index (χ0) is 19.1. The van der Waals surface area contributed by atoms with Gasteiger partial charge in [-0.3, -0.25) is 9.78 Å². The topological polar surface area (TPSA) is 92.1 Å². The first-order valence-electron chi connectivity index (χ1n) is 9.77. The molecule has 8 heteroatoms. The second kappa shape index (κ2) is 7.09. The molecule has 0 amide bonds. The molecule has 5 rings (SSSR count). The molecule has 0 aromatic carbocycles. The van der Waals surface area contributed by atoms with Gasteiger partial charge in [0.15, 0.2) is 5.82 Å². The molecule has 1 fully saturated rings. The van der Waals surface area contributed by atoms with Gasteiger partial charge in [-0.25, -0.2) is 15.0 Å². The maximum atomic E-state index is 11.6. The zero-order valence-electron chi connectivity index (χ0n) is 15.5. The molecule has 1 aliphatic heterocycles. The van der Waals surface area contributed by atoms with Crippen LogP contribution in [0.25, 0.3) is 21.7 Å². The Morgan fingerprint density at radius 3 is 2.89 bits per heavy atom. The lowest BCUT2D eigenvalue weighted by Crippen LogP contribution is -2.39. The first-order valence-corrected chi connectivity index (χ1v) is 10.6. The molecule has 1 atom stereocenters. The molecule has 1 saturated heterocycles. The number of thiophene rings is 1. The molecule has 1 unspecified atom stereocenters. The highest BCUT2D eigenvalue weighted by Crippen LogP contribution is 2.41. The minimum Gasteiger partial charge on any atom is -0.481 e. The van der Waals surface area contributed by atoms with Gasteiger partial charge in [0, 0.05) is 30.4 Å². The van der Waals surface area contributed by atoms with Gasteiger partial charge in [-0.1, -0.05) is 0 Å². The standard InChI is InChI=1S/C20H21N5O2S/c26-20(27)12-4-3-9-25(11-12)18-16-13-5-1-2-6-15(13)28-19(16)24-17(23-18)14-10-21-7-8-22-14/h7-8,10,12H,1-6,9,11H2,(H,26,27). The van der Waals surface area contributed by atoms with Gasteiger partial charge in [0.1, 0.15) is 16.3 Å². The molecule has 7 nitrogen and oxygen atoms in total. The van der Waals surface area contributed by atoms with Crippen molar-refractivity contribution in [1.82, 2.24) is 19.9 Å². The second-order valence-electron chi connectivity index (χ2n) is 7.48. The number of aromatic nitrogens is 4. The van der Waals surface area contributed by atoms with Gasteiger partial charge in [0.2, 0.25) is 0 Å². The Morgan fingerprint density at radius 2 is 2.07 bits per heavy atom. The average Bonchev–Trinajstić information content (AvgIpc) is 3.12. The van der Waals surface area contributed by atoms with Crippen LogP contribution in [0.15, 0.2) is 18.6 Å². The molecule has 1 N–H and O–H groups in total. The van der Waals surface area contributed by atoms with Gasteiger partial charge in [-0.2, -0.15) is 0 Å². The van der Waals surface area contributed by atoms with Crippen LogP contribution in [0.1, 0.15) is 36.1 Å². The number of aryl methyl sites for hydroxylation is 2. The van der Waals surface area contributed by atoms with Crippen molar-refractivity contribution in [3.05, 3.63) is 29.0 Å². The number of carboxylic acids is 1. The fourth-order valence-corrected chi connectivity index (χ4v) is 5.52. The van der Waals surface area contributed by atoms with Gasteiger partial charge in [-0.15, -0.1) is 11.3 Å². The lowest BCUT2D eigenvalue weighted by atomic mass is 9.95. The molecular weight excluding hydrogens is 374 g/mol. The van der Waals surface area contributed by atoms with Crippen molar-refractivity contribution in [2.45, 2.75) is 38.5 Å². The maximum Gasteiger partial charge on any atom is 0.308 e. The van der Waals surface area contributed by atoms with E-state index < -0.39 is 5.97 Å². The molecule has 28 heavy (non-hydrogen) atoms. The normalized spacial score (nSPS) is 19.6. The monoisotopic (exact) mass is 395 g/mol. The van der Waals surface area contributed by atoms with Gasteiger partial charge in [0.25, 0.3) is 0 Å². The Bertz CT molecular complexity index is 1040. The molecule has 3 aromatic heterocycles. The molecule has 0 spiro atoms. The van der Waals surface area contributed by atoms with Crippen LogP contribution < -0.4 is 4.90 Å². The van der Waals surface area contributed by atoms with Gasteiger partial charge >= 0.3 is 5.97 Å². The fourth-order valence-electron chi connectivity index (χ4n) is 4.27. The van der Waals surface area contributed by atoms with Crippen LogP contribution in [0.5, 0.6) is 0 Å². The number of rotatable bonds is 3. The molecule has 144 valence electrons. The quantitative estimate of drug-likeness (QED) is 0.727. The van der Waals surface area contributed by atoms with Crippen molar-refractivity contribution in [2.75, 3.05) is 18.0 Å². The first-order chi connectivity index (χ1) is 13.7. The van der Waals surface area contributed by atoms with Crippen molar-refractivity contribution >= 4 is 33.3 Å². The van der Waals surface area contributed by atoms with Crippen LogP contribution in [0.4, 0.5) is 5.82 Å². The molecule has 0 bridgehead atoms. The third-order valence-corrected chi connectivity index (χ3v) is 6.84. The fraction of sp³-hybridized carbons (Fsp3) is 0.450. The van der Waals surface area contributed by atoms with E-state index in [4.69, 9.17) is 9.97 Å². The van der Waals surface area contributed by atoms with Gasteiger partial charge in [0.05, 0.1) is 17.5 Å². The molecule has 1 aliphatic carbocycles. The van der Waals surface area contributed by atoms with Crippen LogP contribution in [0, 0.1) is 5.92 Å². The number of aliphatic carboxylic acids is 1. The number of hydrogen-bond donors (Lipinski definition) is 1. The summed E-state index contributed by atoms with van der Waals surface area (Å²) < 4.78 is 0. The Labute approximate surface area is 166 Å². The van der Waals surface area contributed by atoms with Crippen molar-refractivity contribution in [2.24, 2.45) is 5.92 Å². The summed E-state index contributed by atoms with van der Waals surface area (Å²) in [7, 11) is 0. The Kier molecular flexibility index (Phi) is 4.43. The van der Waals surface area contributed by atoms with Crippen molar-refractivity contribution in [3.8, 4) is 11.5 Å².